The van der Waals surface area contributed by atoms with Crippen LogP contribution in [0.15, 0.2) is 53.9 Å². The Morgan fingerprint density at radius 1 is 1.12 bits per heavy atom. The van der Waals surface area contributed by atoms with Gasteiger partial charge in [-0.1, -0.05) is 54.1 Å². The molecular weight excluding hydrogens is 316 g/mol. The number of amides is 1. The minimum absolute atomic E-state index is 0.000353. The SMILES string of the molecule is Cc1ccc(-c2csc(NC(=O)CCc3ccccc3)n2)c(C)c1. The van der Waals surface area contributed by atoms with E-state index in [1.165, 1.54) is 28.0 Å². The second-order valence-electron chi connectivity index (χ2n) is 5.89. The van der Waals surface area contributed by atoms with E-state index in [-0.39, 0.29) is 5.91 Å². The summed E-state index contributed by atoms with van der Waals surface area (Å²) in [5, 5.41) is 5.55. The van der Waals surface area contributed by atoms with E-state index in [1.54, 1.807) is 0 Å². The third-order valence-electron chi connectivity index (χ3n) is 3.89. The van der Waals surface area contributed by atoms with Gasteiger partial charge in [0.2, 0.25) is 5.91 Å². The van der Waals surface area contributed by atoms with E-state index in [0.717, 1.165) is 17.7 Å². The second kappa shape index (κ2) is 7.41. The summed E-state index contributed by atoms with van der Waals surface area (Å²) in [6, 6.07) is 16.3. The van der Waals surface area contributed by atoms with E-state index >= 15 is 0 Å². The van der Waals surface area contributed by atoms with Crippen molar-refractivity contribution in [3.8, 4) is 11.3 Å². The molecule has 0 fully saturated rings. The quantitative estimate of drug-likeness (QED) is 0.712. The summed E-state index contributed by atoms with van der Waals surface area (Å²) in [7, 11) is 0. The fraction of sp³-hybridized carbons (Fsp3) is 0.200. The van der Waals surface area contributed by atoms with Gasteiger partial charge < -0.3 is 5.32 Å². The van der Waals surface area contributed by atoms with Gasteiger partial charge in [0.15, 0.2) is 5.13 Å². The van der Waals surface area contributed by atoms with Crippen LogP contribution in [-0.2, 0) is 11.2 Å². The van der Waals surface area contributed by atoms with Gasteiger partial charge in [0.1, 0.15) is 0 Å². The van der Waals surface area contributed by atoms with Crippen molar-refractivity contribution in [1.29, 1.82) is 0 Å². The molecule has 0 aliphatic rings. The van der Waals surface area contributed by atoms with Gasteiger partial charge in [0.05, 0.1) is 5.69 Å². The van der Waals surface area contributed by atoms with Gasteiger partial charge in [-0.2, -0.15) is 0 Å². The van der Waals surface area contributed by atoms with Crippen LogP contribution in [0, 0.1) is 13.8 Å². The lowest BCUT2D eigenvalue weighted by Gasteiger charge is -2.04. The number of aromatic nitrogens is 1. The molecule has 0 radical (unpaired) electrons. The number of anilines is 1. The van der Waals surface area contributed by atoms with Crippen molar-refractivity contribution in [2.24, 2.45) is 0 Å². The first-order chi connectivity index (χ1) is 11.6. The largest absolute Gasteiger partial charge is 0.302 e. The first-order valence-electron chi connectivity index (χ1n) is 7.99. The van der Waals surface area contributed by atoms with Gasteiger partial charge in [0, 0.05) is 17.4 Å². The first-order valence-corrected chi connectivity index (χ1v) is 8.87. The van der Waals surface area contributed by atoms with Gasteiger partial charge in [-0.05, 0) is 31.4 Å². The molecule has 1 amide bonds. The van der Waals surface area contributed by atoms with Gasteiger partial charge in [-0.25, -0.2) is 4.98 Å². The Kier molecular flexibility index (Phi) is 5.06. The predicted octanol–water partition coefficient (Wildman–Crippen LogP) is 5.00. The summed E-state index contributed by atoms with van der Waals surface area (Å²) in [4.78, 5) is 16.7. The molecule has 3 aromatic rings. The monoisotopic (exact) mass is 336 g/mol. The Labute approximate surface area is 146 Å². The van der Waals surface area contributed by atoms with Crippen LogP contribution < -0.4 is 5.32 Å². The molecule has 3 rings (SSSR count). The lowest BCUT2D eigenvalue weighted by molar-refractivity contribution is -0.116. The van der Waals surface area contributed by atoms with Crippen LogP contribution in [0.3, 0.4) is 0 Å². The standard InChI is InChI=1S/C20H20N2OS/c1-14-8-10-17(15(2)12-14)18-13-24-20(21-18)22-19(23)11-9-16-6-4-3-5-7-16/h3-8,10,12-13H,9,11H2,1-2H3,(H,21,22,23). The van der Waals surface area contributed by atoms with E-state index in [4.69, 9.17) is 0 Å². The minimum Gasteiger partial charge on any atom is -0.302 e. The van der Waals surface area contributed by atoms with Crippen LogP contribution in [0.4, 0.5) is 5.13 Å². The molecular formula is C20H20N2OS. The van der Waals surface area contributed by atoms with Gasteiger partial charge in [0.25, 0.3) is 0 Å². The smallest absolute Gasteiger partial charge is 0.226 e. The number of nitrogens with zero attached hydrogens (tertiary/aromatic N) is 1. The van der Waals surface area contributed by atoms with Crippen molar-refractivity contribution in [1.82, 2.24) is 4.98 Å². The molecule has 1 N–H and O–H groups in total. The van der Waals surface area contributed by atoms with Crippen molar-refractivity contribution >= 4 is 22.4 Å². The third kappa shape index (κ3) is 4.09. The maximum absolute atomic E-state index is 12.1. The Morgan fingerprint density at radius 3 is 2.67 bits per heavy atom. The van der Waals surface area contributed by atoms with Gasteiger partial charge in [-0.15, -0.1) is 11.3 Å². The zero-order valence-corrected chi connectivity index (χ0v) is 14.7. The number of nitrogens with one attached hydrogen (secondary N) is 1. The number of rotatable bonds is 5. The summed E-state index contributed by atoms with van der Waals surface area (Å²) >= 11 is 1.46. The molecule has 0 atom stereocenters. The molecule has 1 heterocycles. The summed E-state index contributed by atoms with van der Waals surface area (Å²) in [6.45, 7) is 4.16. The summed E-state index contributed by atoms with van der Waals surface area (Å²) in [6.07, 6.45) is 1.20. The van der Waals surface area contributed by atoms with Crippen LogP contribution in [0.5, 0.6) is 0 Å². The van der Waals surface area contributed by atoms with Crippen molar-refractivity contribution in [3.63, 3.8) is 0 Å². The number of hydrogen-bond acceptors (Lipinski definition) is 3. The third-order valence-corrected chi connectivity index (χ3v) is 4.65. The fourth-order valence-electron chi connectivity index (χ4n) is 2.64. The zero-order chi connectivity index (χ0) is 16.9. The number of thiazole rings is 1. The zero-order valence-electron chi connectivity index (χ0n) is 13.9. The minimum atomic E-state index is 0.000353. The maximum atomic E-state index is 12.1. The highest BCUT2D eigenvalue weighted by molar-refractivity contribution is 7.14. The van der Waals surface area contributed by atoms with E-state index in [0.29, 0.717) is 11.6 Å². The molecule has 2 aromatic carbocycles. The lowest BCUT2D eigenvalue weighted by atomic mass is 10.0. The predicted molar refractivity (Wildman–Crippen MR) is 100 cm³/mol. The summed E-state index contributed by atoms with van der Waals surface area (Å²) in [5.41, 5.74) is 5.63. The molecule has 122 valence electrons. The highest BCUT2D eigenvalue weighted by Crippen LogP contribution is 2.28. The molecule has 1 aromatic heterocycles. The van der Waals surface area contributed by atoms with Crippen molar-refractivity contribution < 1.29 is 4.79 Å². The van der Waals surface area contributed by atoms with Crippen LogP contribution in [0.1, 0.15) is 23.1 Å². The Balaban J connectivity index is 1.62. The molecule has 24 heavy (non-hydrogen) atoms. The van der Waals surface area contributed by atoms with Crippen molar-refractivity contribution in [3.05, 3.63) is 70.6 Å². The topological polar surface area (TPSA) is 42.0 Å². The lowest BCUT2D eigenvalue weighted by Crippen LogP contribution is -2.12. The molecule has 0 saturated heterocycles. The van der Waals surface area contributed by atoms with Crippen LogP contribution in [0.2, 0.25) is 0 Å². The number of hydrogen-bond donors (Lipinski definition) is 1. The van der Waals surface area contributed by atoms with Crippen molar-refractivity contribution in [2.45, 2.75) is 26.7 Å². The Bertz CT molecular complexity index is 840. The first kappa shape index (κ1) is 16.4. The highest BCUT2D eigenvalue weighted by atomic mass is 32.1. The number of benzene rings is 2. The van der Waals surface area contributed by atoms with E-state index in [1.807, 2.05) is 35.7 Å². The second-order valence-corrected chi connectivity index (χ2v) is 6.75. The summed E-state index contributed by atoms with van der Waals surface area (Å²) in [5.74, 6) is 0.000353. The maximum Gasteiger partial charge on any atom is 0.226 e. The van der Waals surface area contributed by atoms with E-state index in [2.05, 4.69) is 42.3 Å². The highest BCUT2D eigenvalue weighted by Gasteiger charge is 2.10. The average Bonchev–Trinajstić information content (AvgIpc) is 3.02. The fourth-order valence-corrected chi connectivity index (χ4v) is 3.37. The van der Waals surface area contributed by atoms with Crippen LogP contribution >= 0.6 is 11.3 Å². The van der Waals surface area contributed by atoms with Gasteiger partial charge in [-0.3, -0.25) is 4.79 Å². The van der Waals surface area contributed by atoms with Crippen LogP contribution in [0.25, 0.3) is 11.3 Å². The van der Waals surface area contributed by atoms with Gasteiger partial charge >= 0.3 is 0 Å². The molecule has 0 unspecified atom stereocenters. The van der Waals surface area contributed by atoms with Crippen molar-refractivity contribution in [2.75, 3.05) is 5.32 Å². The normalized spacial score (nSPS) is 10.6. The van der Waals surface area contributed by atoms with Crippen LogP contribution in [-0.4, -0.2) is 10.9 Å². The molecule has 0 aliphatic heterocycles. The summed E-state index contributed by atoms with van der Waals surface area (Å²) < 4.78 is 0. The molecule has 0 spiro atoms. The molecule has 0 aliphatic carbocycles. The molecule has 0 saturated carbocycles. The Morgan fingerprint density at radius 2 is 1.92 bits per heavy atom. The average molecular weight is 336 g/mol. The van der Waals surface area contributed by atoms with E-state index in [9.17, 15) is 4.79 Å². The number of carbonyl (C=O) groups excluding carboxylic acids is 1. The Hall–Kier alpha value is -2.46. The molecule has 4 heteroatoms. The number of carbonyl (C=O) groups is 1. The number of aryl methyl sites for hydroxylation is 3. The van der Waals surface area contributed by atoms with E-state index < -0.39 is 0 Å². The molecule has 3 nitrogen and oxygen atoms in total. The molecule has 0 bridgehead atoms.